The van der Waals surface area contributed by atoms with Gasteiger partial charge in [-0.1, -0.05) is 6.07 Å². The van der Waals surface area contributed by atoms with Crippen LogP contribution in [0.25, 0.3) is 0 Å². The third-order valence-corrected chi connectivity index (χ3v) is 2.37. The summed E-state index contributed by atoms with van der Waals surface area (Å²) in [6.07, 6.45) is 1.57. The van der Waals surface area contributed by atoms with Crippen LogP contribution in [-0.2, 0) is 9.59 Å². The van der Waals surface area contributed by atoms with Gasteiger partial charge in [0, 0.05) is 19.3 Å². The number of aliphatic hydroxyl groups excluding tert-OH is 2. The summed E-state index contributed by atoms with van der Waals surface area (Å²) in [5, 5.41) is 20.0. The molecule has 7 heteroatoms. The molecule has 7 nitrogen and oxygen atoms in total. The number of aliphatic hydroxyl groups is 2. The van der Waals surface area contributed by atoms with Gasteiger partial charge in [0.05, 0.1) is 13.2 Å². The van der Waals surface area contributed by atoms with Gasteiger partial charge in [-0.2, -0.15) is 0 Å². The molecular weight excluding hydrogens is 250 g/mol. The van der Waals surface area contributed by atoms with E-state index in [1.165, 1.54) is 0 Å². The van der Waals surface area contributed by atoms with Gasteiger partial charge in [0.25, 0.3) is 0 Å². The lowest BCUT2D eigenvalue weighted by Gasteiger charge is -2.19. The summed E-state index contributed by atoms with van der Waals surface area (Å²) < 4.78 is 0. The Hall–Kier alpha value is -1.99. The second-order valence-corrected chi connectivity index (χ2v) is 3.91. The highest BCUT2D eigenvalue weighted by atomic mass is 16.3. The van der Waals surface area contributed by atoms with Crippen LogP contribution in [0.1, 0.15) is 5.56 Å². The number of nitrogens with one attached hydrogen (secondary N) is 1. The molecule has 0 bridgehead atoms. The number of hydrogen-bond acceptors (Lipinski definition) is 5. The molecule has 0 saturated heterocycles. The second-order valence-electron chi connectivity index (χ2n) is 3.91. The largest absolute Gasteiger partial charge is 0.395 e. The van der Waals surface area contributed by atoms with Gasteiger partial charge in [-0.25, -0.2) is 4.98 Å². The molecule has 3 N–H and O–H groups in total. The fourth-order valence-electron chi connectivity index (χ4n) is 1.41. The van der Waals surface area contributed by atoms with Crippen LogP contribution in [0, 0.1) is 6.92 Å². The summed E-state index contributed by atoms with van der Waals surface area (Å²) in [5.41, 5.74) is 0.937. The highest BCUT2D eigenvalue weighted by Crippen LogP contribution is 2.04. The third-order valence-electron chi connectivity index (χ3n) is 2.37. The minimum Gasteiger partial charge on any atom is -0.395 e. The zero-order valence-corrected chi connectivity index (χ0v) is 10.7. The number of rotatable bonds is 5. The number of aromatic nitrogens is 1. The number of pyridine rings is 1. The Bertz CT molecular complexity index is 427. The van der Waals surface area contributed by atoms with Crippen molar-refractivity contribution in [1.82, 2.24) is 9.88 Å². The van der Waals surface area contributed by atoms with Crippen LogP contribution < -0.4 is 5.32 Å². The summed E-state index contributed by atoms with van der Waals surface area (Å²) >= 11 is 0. The molecule has 1 heterocycles. The zero-order chi connectivity index (χ0) is 14.3. The summed E-state index contributed by atoms with van der Waals surface area (Å²) in [4.78, 5) is 28.5. The molecule has 0 spiro atoms. The summed E-state index contributed by atoms with van der Waals surface area (Å²) in [6.45, 7) is 1.29. The van der Waals surface area contributed by atoms with E-state index in [2.05, 4.69) is 10.3 Å². The van der Waals surface area contributed by atoms with E-state index in [1.807, 2.05) is 6.92 Å². The van der Waals surface area contributed by atoms with Crippen molar-refractivity contribution < 1.29 is 19.8 Å². The topological polar surface area (TPSA) is 103 Å². The summed E-state index contributed by atoms with van der Waals surface area (Å²) in [7, 11) is 0. The van der Waals surface area contributed by atoms with Crippen molar-refractivity contribution >= 4 is 17.6 Å². The van der Waals surface area contributed by atoms with E-state index in [4.69, 9.17) is 10.2 Å². The van der Waals surface area contributed by atoms with Gasteiger partial charge < -0.3 is 20.4 Å². The molecule has 0 radical (unpaired) electrons. The number of carbonyl (C=O) groups is 2. The first kappa shape index (κ1) is 15.1. The van der Waals surface area contributed by atoms with E-state index in [1.54, 1.807) is 18.3 Å². The molecule has 1 aromatic rings. The molecule has 0 fully saturated rings. The average Bonchev–Trinajstić information content (AvgIpc) is 2.40. The maximum Gasteiger partial charge on any atom is 0.315 e. The molecule has 1 aromatic heterocycles. The first-order chi connectivity index (χ1) is 9.08. The zero-order valence-electron chi connectivity index (χ0n) is 10.7. The lowest BCUT2D eigenvalue weighted by atomic mass is 10.3. The van der Waals surface area contributed by atoms with Gasteiger partial charge >= 0.3 is 11.8 Å². The lowest BCUT2D eigenvalue weighted by Crippen LogP contribution is -2.42. The molecule has 0 aliphatic heterocycles. The van der Waals surface area contributed by atoms with Gasteiger partial charge in [0.2, 0.25) is 0 Å². The number of hydrogen-bond donors (Lipinski definition) is 3. The van der Waals surface area contributed by atoms with Crippen LogP contribution in [0.2, 0.25) is 0 Å². The van der Waals surface area contributed by atoms with Crippen LogP contribution in [0.5, 0.6) is 0 Å². The van der Waals surface area contributed by atoms with E-state index in [-0.39, 0.29) is 32.1 Å². The highest BCUT2D eigenvalue weighted by Gasteiger charge is 2.21. The van der Waals surface area contributed by atoms with Crippen molar-refractivity contribution in [3.63, 3.8) is 0 Å². The lowest BCUT2D eigenvalue weighted by molar-refractivity contribution is -0.143. The molecule has 0 saturated carbocycles. The molecule has 19 heavy (non-hydrogen) atoms. The molecule has 0 unspecified atom stereocenters. The number of anilines is 1. The van der Waals surface area contributed by atoms with Gasteiger partial charge in [0.1, 0.15) is 5.82 Å². The van der Waals surface area contributed by atoms with Crippen LogP contribution >= 0.6 is 0 Å². The Morgan fingerprint density at radius 1 is 1.26 bits per heavy atom. The van der Waals surface area contributed by atoms with Crippen molar-refractivity contribution in [1.29, 1.82) is 0 Å². The van der Waals surface area contributed by atoms with Crippen LogP contribution in [-0.4, -0.2) is 58.2 Å². The van der Waals surface area contributed by atoms with Gasteiger partial charge in [-0.3, -0.25) is 9.59 Å². The van der Waals surface area contributed by atoms with Crippen molar-refractivity contribution in [3.8, 4) is 0 Å². The smallest absolute Gasteiger partial charge is 0.315 e. The van der Waals surface area contributed by atoms with Crippen LogP contribution in [0.15, 0.2) is 18.3 Å². The fraction of sp³-hybridized carbons (Fsp3) is 0.417. The molecule has 0 aliphatic carbocycles. The Morgan fingerprint density at radius 3 is 2.37 bits per heavy atom. The van der Waals surface area contributed by atoms with E-state index < -0.39 is 11.8 Å². The average molecular weight is 267 g/mol. The molecule has 104 valence electrons. The predicted octanol–water partition coefficient (Wildman–Crippen LogP) is -0.858. The highest BCUT2D eigenvalue weighted by molar-refractivity contribution is 6.39. The van der Waals surface area contributed by atoms with Gasteiger partial charge in [0.15, 0.2) is 0 Å². The minimum absolute atomic E-state index is 0.00581. The Labute approximate surface area is 110 Å². The molecular formula is C12H17N3O4. The first-order valence-corrected chi connectivity index (χ1v) is 5.83. The maximum atomic E-state index is 11.8. The third kappa shape index (κ3) is 4.65. The van der Waals surface area contributed by atoms with E-state index in [9.17, 15) is 9.59 Å². The SMILES string of the molecule is Cc1ccc(NC(=O)C(=O)N(CCO)CCO)nc1. The molecule has 0 aliphatic rings. The van der Waals surface area contributed by atoms with E-state index in [0.29, 0.717) is 0 Å². The van der Waals surface area contributed by atoms with Crippen molar-refractivity contribution in [2.24, 2.45) is 0 Å². The van der Waals surface area contributed by atoms with Gasteiger partial charge in [-0.15, -0.1) is 0 Å². The number of nitrogens with zero attached hydrogens (tertiary/aromatic N) is 2. The minimum atomic E-state index is -0.849. The van der Waals surface area contributed by atoms with E-state index in [0.717, 1.165) is 10.5 Å². The molecule has 1 rings (SSSR count). The molecule has 0 aromatic carbocycles. The Balaban J connectivity index is 2.65. The monoisotopic (exact) mass is 267 g/mol. The quantitative estimate of drug-likeness (QED) is 0.602. The first-order valence-electron chi connectivity index (χ1n) is 5.83. The van der Waals surface area contributed by atoms with Gasteiger partial charge in [-0.05, 0) is 18.6 Å². The van der Waals surface area contributed by atoms with Crippen LogP contribution in [0.4, 0.5) is 5.82 Å². The predicted molar refractivity (Wildman–Crippen MR) is 68.4 cm³/mol. The number of amides is 2. The summed E-state index contributed by atoms with van der Waals surface area (Å²) in [6, 6.07) is 3.34. The standard InChI is InChI=1S/C12H17N3O4/c1-9-2-3-10(13-8-9)14-11(18)12(19)15(4-6-16)5-7-17/h2-3,8,16-17H,4-7H2,1H3,(H,13,14,18). The number of aryl methyl sites for hydroxylation is 1. The van der Waals surface area contributed by atoms with Crippen molar-refractivity contribution in [2.45, 2.75) is 6.92 Å². The van der Waals surface area contributed by atoms with Crippen molar-refractivity contribution in [2.75, 3.05) is 31.6 Å². The number of carbonyl (C=O) groups excluding carboxylic acids is 2. The van der Waals surface area contributed by atoms with Crippen molar-refractivity contribution in [3.05, 3.63) is 23.9 Å². The summed E-state index contributed by atoms with van der Waals surface area (Å²) in [5.74, 6) is -1.39. The van der Waals surface area contributed by atoms with E-state index >= 15 is 0 Å². The maximum absolute atomic E-state index is 11.8. The molecule has 0 atom stereocenters. The molecule has 2 amide bonds. The Kier molecular flexibility index (Phi) is 5.91. The normalized spacial score (nSPS) is 10.1. The fourth-order valence-corrected chi connectivity index (χ4v) is 1.41. The second kappa shape index (κ2) is 7.45. The van der Waals surface area contributed by atoms with Crippen LogP contribution in [0.3, 0.4) is 0 Å². The Morgan fingerprint density at radius 2 is 1.89 bits per heavy atom.